The first kappa shape index (κ1) is 12.7. The fourth-order valence-electron chi connectivity index (χ4n) is 1.12. The van der Waals surface area contributed by atoms with E-state index >= 15 is 0 Å². The van der Waals surface area contributed by atoms with Gasteiger partial charge in [0.25, 0.3) is 0 Å². The van der Waals surface area contributed by atoms with Gasteiger partial charge in [0.2, 0.25) is 0 Å². The van der Waals surface area contributed by atoms with E-state index in [9.17, 15) is 4.79 Å². The van der Waals surface area contributed by atoms with Crippen LogP contribution in [-0.4, -0.2) is 33.7 Å². The predicted octanol–water partition coefficient (Wildman–Crippen LogP) is -0.283. The van der Waals surface area contributed by atoms with Crippen LogP contribution in [0.2, 0.25) is 0 Å². The highest BCUT2D eigenvalue weighted by Gasteiger charge is 2.25. The topological polar surface area (TPSA) is 79.7 Å². The third-order valence-corrected chi connectivity index (χ3v) is 1.71. The van der Waals surface area contributed by atoms with Crippen LogP contribution in [0.1, 0.15) is 31.3 Å². The number of pyridine rings is 1. The van der Waals surface area contributed by atoms with Crippen LogP contribution in [0, 0.1) is 0 Å². The maximum atomic E-state index is 11.7. The second-order valence-electron chi connectivity index (χ2n) is 4.32. The lowest BCUT2D eigenvalue weighted by molar-refractivity contribution is 0.00640. The van der Waals surface area contributed by atoms with E-state index in [1.165, 1.54) is 18.3 Å². The van der Waals surface area contributed by atoms with Gasteiger partial charge in [-0.05, 0) is 26.8 Å². The van der Waals surface area contributed by atoms with Crippen LogP contribution in [0.4, 0.5) is 0 Å². The zero-order chi connectivity index (χ0) is 12.3. The Kier molecular flexibility index (Phi) is 3.67. The number of carbonyl (C=O) groups excluding carboxylic acids is 1. The first-order valence-electron chi connectivity index (χ1n) is 4.85. The van der Waals surface area contributed by atoms with Gasteiger partial charge in [-0.3, -0.25) is 0 Å². The van der Waals surface area contributed by atoms with Crippen molar-refractivity contribution in [3.63, 3.8) is 0 Å². The van der Waals surface area contributed by atoms with Gasteiger partial charge in [-0.25, -0.2) is 9.78 Å². The fourth-order valence-corrected chi connectivity index (χ4v) is 1.12. The van der Waals surface area contributed by atoms with Gasteiger partial charge in [-0.1, -0.05) is 6.07 Å². The van der Waals surface area contributed by atoms with Gasteiger partial charge in [0.1, 0.15) is 11.3 Å². The quantitative estimate of drug-likeness (QED) is 0.532. The summed E-state index contributed by atoms with van der Waals surface area (Å²) in [7, 11) is -1.74. The summed E-state index contributed by atoms with van der Waals surface area (Å²) in [5.74, 6) is -0.670. The molecular formula is C10H14BNO4. The summed E-state index contributed by atoms with van der Waals surface area (Å²) in [6, 6.07) is 2.93. The predicted molar refractivity (Wildman–Crippen MR) is 59.2 cm³/mol. The Morgan fingerprint density at radius 1 is 1.44 bits per heavy atom. The van der Waals surface area contributed by atoms with E-state index < -0.39 is 18.7 Å². The molecule has 0 amide bonds. The van der Waals surface area contributed by atoms with Crippen LogP contribution < -0.4 is 5.46 Å². The molecule has 1 aromatic rings. The molecule has 0 saturated heterocycles. The number of hydrogen-bond acceptors (Lipinski definition) is 5. The summed E-state index contributed by atoms with van der Waals surface area (Å²) in [6.07, 6.45) is 1.39. The molecule has 0 aliphatic rings. The molecule has 0 atom stereocenters. The minimum Gasteiger partial charge on any atom is -0.455 e. The number of hydrogen-bond donors (Lipinski definition) is 2. The van der Waals surface area contributed by atoms with E-state index in [2.05, 4.69) is 4.98 Å². The Balaban J connectivity index is 3.00. The van der Waals surface area contributed by atoms with Crippen molar-refractivity contribution in [1.82, 2.24) is 4.98 Å². The third kappa shape index (κ3) is 3.32. The monoisotopic (exact) mass is 223 g/mol. The van der Waals surface area contributed by atoms with E-state index in [-0.39, 0.29) is 11.2 Å². The second-order valence-corrected chi connectivity index (χ2v) is 4.32. The zero-order valence-electron chi connectivity index (χ0n) is 9.47. The van der Waals surface area contributed by atoms with E-state index in [1.54, 1.807) is 20.8 Å². The average molecular weight is 223 g/mol. The molecule has 1 rings (SSSR count). The molecule has 0 aliphatic heterocycles. The number of carbonyl (C=O) groups is 1. The number of rotatable bonds is 2. The Hall–Kier alpha value is -1.40. The summed E-state index contributed by atoms with van der Waals surface area (Å²) in [4.78, 5) is 15.5. The zero-order valence-corrected chi connectivity index (χ0v) is 9.47. The lowest BCUT2D eigenvalue weighted by Gasteiger charge is -2.19. The van der Waals surface area contributed by atoms with Crippen LogP contribution in [0.5, 0.6) is 0 Å². The van der Waals surface area contributed by atoms with Gasteiger partial charge in [0.05, 0.1) is 0 Å². The molecule has 0 spiro atoms. The van der Waals surface area contributed by atoms with Crippen LogP contribution >= 0.6 is 0 Å². The lowest BCUT2D eigenvalue weighted by atomic mass is 9.79. The van der Waals surface area contributed by atoms with Gasteiger partial charge in [-0.15, -0.1) is 0 Å². The number of nitrogens with zero attached hydrogens (tertiary/aromatic N) is 1. The maximum Gasteiger partial charge on any atom is 0.490 e. The number of esters is 1. The summed E-state index contributed by atoms with van der Waals surface area (Å²) >= 11 is 0. The van der Waals surface area contributed by atoms with Crippen molar-refractivity contribution < 1.29 is 19.6 Å². The molecule has 2 N–H and O–H groups in total. The van der Waals surface area contributed by atoms with Crippen LogP contribution in [0.25, 0.3) is 0 Å². The molecule has 0 fully saturated rings. The van der Waals surface area contributed by atoms with Gasteiger partial charge in [0.15, 0.2) is 0 Å². The second kappa shape index (κ2) is 4.63. The van der Waals surface area contributed by atoms with Crippen molar-refractivity contribution in [3.05, 3.63) is 24.0 Å². The molecule has 0 bridgehead atoms. The minimum absolute atomic E-state index is 0.0387. The highest BCUT2D eigenvalue weighted by molar-refractivity contribution is 6.60. The van der Waals surface area contributed by atoms with E-state index in [0.717, 1.165) is 0 Å². The third-order valence-electron chi connectivity index (χ3n) is 1.71. The van der Waals surface area contributed by atoms with Crippen molar-refractivity contribution in [2.75, 3.05) is 0 Å². The molecule has 86 valence electrons. The summed E-state index contributed by atoms with van der Waals surface area (Å²) < 4.78 is 5.09. The molecule has 1 heterocycles. The molecule has 0 saturated carbocycles. The first-order chi connectivity index (χ1) is 7.31. The van der Waals surface area contributed by atoms with Crippen molar-refractivity contribution >= 4 is 18.6 Å². The van der Waals surface area contributed by atoms with Crippen molar-refractivity contribution in [2.24, 2.45) is 0 Å². The van der Waals surface area contributed by atoms with Crippen LogP contribution in [0.15, 0.2) is 18.3 Å². The molecule has 5 nitrogen and oxygen atoms in total. The van der Waals surface area contributed by atoms with Gasteiger partial charge in [0, 0.05) is 11.7 Å². The normalized spacial score (nSPS) is 11.1. The van der Waals surface area contributed by atoms with Crippen molar-refractivity contribution in [2.45, 2.75) is 26.4 Å². The standard InChI is InChI=1S/C10H14BNO4/c1-10(2,3)16-9(13)8-7(11(14)15)5-4-6-12-8/h4-6,14-15H,1-3H3. The Morgan fingerprint density at radius 3 is 2.56 bits per heavy atom. The first-order valence-corrected chi connectivity index (χ1v) is 4.85. The van der Waals surface area contributed by atoms with Gasteiger partial charge in [-0.2, -0.15) is 0 Å². The van der Waals surface area contributed by atoms with Crippen molar-refractivity contribution in [1.29, 1.82) is 0 Å². The van der Waals surface area contributed by atoms with Gasteiger partial charge >= 0.3 is 13.1 Å². The largest absolute Gasteiger partial charge is 0.490 e. The number of aromatic nitrogens is 1. The molecular weight excluding hydrogens is 209 g/mol. The maximum absolute atomic E-state index is 11.7. The van der Waals surface area contributed by atoms with E-state index in [1.807, 2.05) is 0 Å². The highest BCUT2D eigenvalue weighted by atomic mass is 16.6. The highest BCUT2D eigenvalue weighted by Crippen LogP contribution is 2.09. The lowest BCUT2D eigenvalue weighted by Crippen LogP contribution is -2.37. The van der Waals surface area contributed by atoms with E-state index in [0.29, 0.717) is 0 Å². The molecule has 1 aromatic heterocycles. The van der Waals surface area contributed by atoms with Gasteiger partial charge < -0.3 is 14.8 Å². The minimum atomic E-state index is -1.74. The van der Waals surface area contributed by atoms with Crippen LogP contribution in [0.3, 0.4) is 0 Å². The van der Waals surface area contributed by atoms with E-state index in [4.69, 9.17) is 14.8 Å². The molecule has 0 aliphatic carbocycles. The average Bonchev–Trinajstić information content (AvgIpc) is 2.15. The Morgan fingerprint density at radius 2 is 2.06 bits per heavy atom. The summed E-state index contributed by atoms with van der Waals surface area (Å²) in [5.41, 5.74) is -0.684. The Bertz CT molecular complexity index is 387. The summed E-state index contributed by atoms with van der Waals surface area (Å²) in [5, 5.41) is 18.1. The number of ether oxygens (including phenoxy) is 1. The molecule has 0 aromatic carbocycles. The summed E-state index contributed by atoms with van der Waals surface area (Å²) in [6.45, 7) is 5.18. The Labute approximate surface area is 94.2 Å². The molecule has 16 heavy (non-hydrogen) atoms. The molecule has 0 radical (unpaired) electrons. The molecule has 6 heteroatoms. The smallest absolute Gasteiger partial charge is 0.455 e. The SMILES string of the molecule is CC(C)(C)OC(=O)c1ncccc1B(O)O. The van der Waals surface area contributed by atoms with Crippen molar-refractivity contribution in [3.8, 4) is 0 Å². The van der Waals surface area contributed by atoms with Crippen LogP contribution in [-0.2, 0) is 4.74 Å². The molecule has 0 unspecified atom stereocenters. The fraction of sp³-hybridized carbons (Fsp3) is 0.400.